The smallest absolute Gasteiger partial charge is 0.335 e. The highest BCUT2D eigenvalue weighted by Gasteiger charge is 2.09. The summed E-state index contributed by atoms with van der Waals surface area (Å²) >= 11 is 0. The average molecular weight is 313 g/mol. The molecule has 0 atom stereocenters. The highest BCUT2D eigenvalue weighted by atomic mass is 19.1. The summed E-state index contributed by atoms with van der Waals surface area (Å²) in [5.74, 6) is -1.71. The van der Waals surface area contributed by atoms with Crippen LogP contribution in [0.15, 0.2) is 48.8 Å². The van der Waals surface area contributed by atoms with Crippen LogP contribution < -0.4 is 5.32 Å². The zero-order chi connectivity index (χ0) is 16.4. The number of hydrogen-bond acceptors (Lipinski definition) is 3. The molecule has 7 heteroatoms. The predicted octanol–water partition coefficient (Wildman–Crippen LogP) is 2.35. The molecule has 0 aliphatic heterocycles. The Hall–Kier alpha value is -3.22. The topological polar surface area (TPSA) is 83.7 Å². The van der Waals surface area contributed by atoms with E-state index in [2.05, 4.69) is 10.3 Å². The summed E-state index contributed by atoms with van der Waals surface area (Å²) < 4.78 is 14.6. The lowest BCUT2D eigenvalue weighted by Crippen LogP contribution is -2.14. The molecule has 0 unspecified atom stereocenters. The minimum Gasteiger partial charge on any atom is -0.478 e. The van der Waals surface area contributed by atoms with Crippen LogP contribution in [0.25, 0.3) is 5.65 Å². The van der Waals surface area contributed by atoms with Gasteiger partial charge >= 0.3 is 5.97 Å². The molecule has 0 aliphatic carbocycles. The third kappa shape index (κ3) is 3.34. The summed E-state index contributed by atoms with van der Waals surface area (Å²) in [6.45, 7) is 0. The molecule has 0 saturated carbocycles. The van der Waals surface area contributed by atoms with E-state index < -0.39 is 5.97 Å². The van der Waals surface area contributed by atoms with Gasteiger partial charge in [-0.05, 0) is 36.4 Å². The van der Waals surface area contributed by atoms with E-state index >= 15 is 0 Å². The first-order valence-electron chi connectivity index (χ1n) is 6.77. The quantitative estimate of drug-likeness (QED) is 0.774. The normalized spacial score (nSPS) is 10.7. The van der Waals surface area contributed by atoms with Crippen molar-refractivity contribution < 1.29 is 19.1 Å². The van der Waals surface area contributed by atoms with Crippen molar-refractivity contribution in [2.75, 3.05) is 5.32 Å². The van der Waals surface area contributed by atoms with E-state index in [4.69, 9.17) is 5.11 Å². The van der Waals surface area contributed by atoms with Gasteiger partial charge in [0.15, 0.2) is 0 Å². The standard InChI is InChI=1S/C16H12FN3O3/c17-11-3-6-14-18-13(9-20(14)8-11)7-15(21)19-12-4-1-10(2-5-12)16(22)23/h1-6,8-9H,7H2,(H,19,21)(H,22,23). The first-order chi connectivity index (χ1) is 11.0. The van der Waals surface area contributed by atoms with E-state index in [9.17, 15) is 14.0 Å². The van der Waals surface area contributed by atoms with Crippen molar-refractivity contribution in [1.82, 2.24) is 9.38 Å². The molecule has 1 aromatic carbocycles. The lowest BCUT2D eigenvalue weighted by atomic mass is 10.2. The van der Waals surface area contributed by atoms with Gasteiger partial charge < -0.3 is 14.8 Å². The Bertz CT molecular complexity index is 887. The van der Waals surface area contributed by atoms with Crippen LogP contribution in [0, 0.1) is 5.82 Å². The first-order valence-corrected chi connectivity index (χ1v) is 6.77. The number of imidazole rings is 1. The van der Waals surface area contributed by atoms with Crippen molar-refractivity contribution in [2.45, 2.75) is 6.42 Å². The second-order valence-corrected chi connectivity index (χ2v) is 4.95. The van der Waals surface area contributed by atoms with Gasteiger partial charge in [-0.3, -0.25) is 4.79 Å². The number of hydrogen-bond donors (Lipinski definition) is 2. The minimum atomic E-state index is -1.03. The number of amides is 1. The zero-order valence-corrected chi connectivity index (χ0v) is 11.9. The number of fused-ring (bicyclic) bond motifs is 1. The van der Waals surface area contributed by atoms with Crippen molar-refractivity contribution in [1.29, 1.82) is 0 Å². The molecule has 3 aromatic rings. The molecule has 0 fully saturated rings. The number of anilines is 1. The van der Waals surface area contributed by atoms with Gasteiger partial charge in [0.1, 0.15) is 11.5 Å². The van der Waals surface area contributed by atoms with Gasteiger partial charge in [-0.2, -0.15) is 0 Å². The van der Waals surface area contributed by atoms with Crippen molar-refractivity contribution in [2.24, 2.45) is 0 Å². The number of pyridine rings is 1. The Morgan fingerprint density at radius 2 is 1.87 bits per heavy atom. The molecular formula is C16H12FN3O3. The van der Waals surface area contributed by atoms with Crippen LogP contribution in [0.5, 0.6) is 0 Å². The Morgan fingerprint density at radius 3 is 2.57 bits per heavy atom. The SMILES string of the molecule is O=C(Cc1cn2cc(F)ccc2n1)Nc1ccc(C(=O)O)cc1. The molecular weight excluding hydrogens is 301 g/mol. The van der Waals surface area contributed by atoms with Crippen LogP contribution in [0.2, 0.25) is 0 Å². The summed E-state index contributed by atoms with van der Waals surface area (Å²) in [6, 6.07) is 8.68. The van der Waals surface area contributed by atoms with E-state index in [-0.39, 0.29) is 23.7 Å². The van der Waals surface area contributed by atoms with Gasteiger partial charge in [0.2, 0.25) is 5.91 Å². The third-order valence-electron chi connectivity index (χ3n) is 3.22. The molecule has 0 aliphatic rings. The van der Waals surface area contributed by atoms with Gasteiger partial charge in [0.25, 0.3) is 0 Å². The second-order valence-electron chi connectivity index (χ2n) is 4.95. The molecule has 2 heterocycles. The molecule has 3 rings (SSSR count). The highest BCUT2D eigenvalue weighted by Crippen LogP contribution is 2.11. The van der Waals surface area contributed by atoms with Crippen LogP contribution in [-0.2, 0) is 11.2 Å². The fourth-order valence-electron chi connectivity index (χ4n) is 2.17. The Balaban J connectivity index is 1.69. The van der Waals surface area contributed by atoms with E-state index in [1.54, 1.807) is 6.20 Å². The number of carboxylic acid groups (broad SMARTS) is 1. The molecule has 23 heavy (non-hydrogen) atoms. The highest BCUT2D eigenvalue weighted by molar-refractivity contribution is 5.93. The number of aromatic carboxylic acids is 1. The van der Waals surface area contributed by atoms with Crippen molar-refractivity contribution >= 4 is 23.2 Å². The van der Waals surface area contributed by atoms with Crippen LogP contribution in [0.4, 0.5) is 10.1 Å². The maximum atomic E-state index is 13.1. The largest absolute Gasteiger partial charge is 0.478 e. The van der Waals surface area contributed by atoms with Gasteiger partial charge in [-0.15, -0.1) is 0 Å². The number of halogens is 1. The number of nitrogens with zero attached hydrogens (tertiary/aromatic N) is 2. The summed E-state index contributed by atoms with van der Waals surface area (Å²) in [5.41, 5.74) is 1.70. The monoisotopic (exact) mass is 313 g/mol. The molecule has 2 aromatic heterocycles. The van der Waals surface area contributed by atoms with E-state index in [0.29, 0.717) is 17.0 Å². The zero-order valence-electron chi connectivity index (χ0n) is 11.9. The van der Waals surface area contributed by atoms with Crippen LogP contribution in [0.3, 0.4) is 0 Å². The average Bonchev–Trinajstić information content (AvgIpc) is 2.88. The van der Waals surface area contributed by atoms with Crippen molar-refractivity contribution in [3.8, 4) is 0 Å². The van der Waals surface area contributed by atoms with Gasteiger partial charge in [0, 0.05) is 18.1 Å². The Kier molecular flexibility index (Phi) is 3.76. The lowest BCUT2D eigenvalue weighted by Gasteiger charge is -2.04. The van der Waals surface area contributed by atoms with E-state index in [1.165, 1.54) is 47.0 Å². The van der Waals surface area contributed by atoms with Crippen molar-refractivity contribution in [3.63, 3.8) is 0 Å². The summed E-state index contributed by atoms with van der Waals surface area (Å²) in [6.07, 6.45) is 2.91. The molecule has 116 valence electrons. The molecule has 1 amide bonds. The van der Waals surface area contributed by atoms with Crippen LogP contribution in [0.1, 0.15) is 16.1 Å². The van der Waals surface area contributed by atoms with Crippen LogP contribution >= 0.6 is 0 Å². The fraction of sp³-hybridized carbons (Fsp3) is 0.0625. The third-order valence-corrected chi connectivity index (χ3v) is 3.22. The van der Waals surface area contributed by atoms with Gasteiger partial charge in [0.05, 0.1) is 17.7 Å². The fourth-order valence-corrected chi connectivity index (χ4v) is 2.17. The first kappa shape index (κ1) is 14.7. The predicted molar refractivity (Wildman–Crippen MR) is 80.9 cm³/mol. The molecule has 0 bridgehead atoms. The Morgan fingerprint density at radius 1 is 1.13 bits per heavy atom. The van der Waals surface area contributed by atoms with Gasteiger partial charge in [-0.1, -0.05) is 0 Å². The lowest BCUT2D eigenvalue weighted by molar-refractivity contribution is -0.115. The van der Waals surface area contributed by atoms with Crippen LogP contribution in [-0.4, -0.2) is 26.4 Å². The number of nitrogens with one attached hydrogen (secondary N) is 1. The summed E-state index contributed by atoms with van der Waals surface area (Å²) in [5, 5.41) is 11.5. The maximum Gasteiger partial charge on any atom is 0.335 e. The molecule has 6 nitrogen and oxygen atoms in total. The second kappa shape index (κ2) is 5.88. The number of carboxylic acids is 1. The summed E-state index contributed by atoms with van der Waals surface area (Å²) in [4.78, 5) is 27.0. The maximum absolute atomic E-state index is 13.1. The van der Waals surface area contributed by atoms with Gasteiger partial charge in [-0.25, -0.2) is 14.2 Å². The van der Waals surface area contributed by atoms with Crippen molar-refractivity contribution in [3.05, 3.63) is 65.9 Å². The van der Waals surface area contributed by atoms with E-state index in [0.717, 1.165) is 0 Å². The number of carbonyl (C=O) groups is 2. The molecule has 0 radical (unpaired) electrons. The number of rotatable bonds is 4. The van der Waals surface area contributed by atoms with E-state index in [1.807, 2.05) is 0 Å². The number of carbonyl (C=O) groups excluding carboxylic acids is 1. The molecule has 0 saturated heterocycles. The minimum absolute atomic E-state index is 0.0317. The number of benzene rings is 1. The molecule has 2 N–H and O–H groups in total. The Labute approximate surface area is 130 Å². The molecule has 0 spiro atoms. The summed E-state index contributed by atoms with van der Waals surface area (Å²) in [7, 11) is 0. The number of aromatic nitrogens is 2.